The Bertz CT molecular complexity index is 904. The summed E-state index contributed by atoms with van der Waals surface area (Å²) in [6, 6.07) is 4.84. The van der Waals surface area contributed by atoms with Gasteiger partial charge in [-0.05, 0) is 50.3 Å². The molecule has 0 radical (unpaired) electrons. The molecule has 2 aliphatic rings. The number of primary amides is 1. The number of benzene rings is 1. The van der Waals surface area contributed by atoms with Crippen LogP contribution in [0.3, 0.4) is 0 Å². The molecule has 1 saturated carbocycles. The topological polar surface area (TPSA) is 110 Å². The third-order valence-corrected chi connectivity index (χ3v) is 8.35. The predicted octanol–water partition coefficient (Wildman–Crippen LogP) is 2.05. The zero-order chi connectivity index (χ0) is 22.6. The molecule has 3 rings (SSSR count). The van der Waals surface area contributed by atoms with E-state index in [0.29, 0.717) is 25.9 Å². The van der Waals surface area contributed by atoms with Gasteiger partial charge in [0, 0.05) is 25.0 Å². The van der Waals surface area contributed by atoms with E-state index in [2.05, 4.69) is 0 Å². The first kappa shape index (κ1) is 23.5. The van der Waals surface area contributed by atoms with Crippen LogP contribution in [0, 0.1) is 12.8 Å². The number of likely N-dealkylation sites (tertiary alicyclic amines) is 1. The Morgan fingerprint density at radius 3 is 2.35 bits per heavy atom. The van der Waals surface area contributed by atoms with Crippen LogP contribution in [0.25, 0.3) is 0 Å². The number of methoxy groups -OCH3 is 1. The summed E-state index contributed by atoms with van der Waals surface area (Å²) in [7, 11) is -2.49. The van der Waals surface area contributed by atoms with Crippen LogP contribution in [0.15, 0.2) is 23.1 Å². The van der Waals surface area contributed by atoms with Crippen molar-refractivity contribution in [1.29, 1.82) is 0 Å². The Labute approximate surface area is 184 Å². The number of amides is 2. The molecule has 0 spiro atoms. The number of rotatable bonds is 7. The van der Waals surface area contributed by atoms with E-state index in [-0.39, 0.29) is 41.0 Å². The Kier molecular flexibility index (Phi) is 7.59. The first-order valence-electron chi connectivity index (χ1n) is 11.0. The maximum absolute atomic E-state index is 13.7. The van der Waals surface area contributed by atoms with Crippen molar-refractivity contribution in [1.82, 2.24) is 9.21 Å². The summed E-state index contributed by atoms with van der Waals surface area (Å²) in [6.07, 6.45) is 5.48. The number of carbonyl (C=O) groups excluding carboxylic acids is 2. The molecular weight excluding hydrogens is 418 g/mol. The van der Waals surface area contributed by atoms with Gasteiger partial charge in [0.1, 0.15) is 10.6 Å². The number of piperidine rings is 1. The van der Waals surface area contributed by atoms with Crippen molar-refractivity contribution < 1.29 is 22.7 Å². The Balaban J connectivity index is 1.86. The Morgan fingerprint density at radius 2 is 1.77 bits per heavy atom. The van der Waals surface area contributed by atoms with Crippen LogP contribution in [-0.2, 0) is 19.6 Å². The molecule has 0 atom stereocenters. The van der Waals surface area contributed by atoms with Crippen LogP contribution in [-0.4, -0.2) is 62.2 Å². The van der Waals surface area contributed by atoms with E-state index in [1.54, 1.807) is 23.1 Å². The van der Waals surface area contributed by atoms with Gasteiger partial charge in [-0.25, -0.2) is 8.42 Å². The first-order valence-corrected chi connectivity index (χ1v) is 12.4. The van der Waals surface area contributed by atoms with Gasteiger partial charge in [-0.2, -0.15) is 4.31 Å². The molecule has 2 fully saturated rings. The van der Waals surface area contributed by atoms with Crippen molar-refractivity contribution >= 4 is 21.8 Å². The molecule has 172 valence electrons. The summed E-state index contributed by atoms with van der Waals surface area (Å²) in [5, 5.41) is 0. The monoisotopic (exact) mass is 451 g/mol. The quantitative estimate of drug-likeness (QED) is 0.682. The van der Waals surface area contributed by atoms with E-state index in [1.165, 1.54) is 11.4 Å². The molecule has 1 aliphatic heterocycles. The largest absolute Gasteiger partial charge is 0.495 e. The second kappa shape index (κ2) is 9.99. The van der Waals surface area contributed by atoms with Gasteiger partial charge in [0.15, 0.2) is 0 Å². The summed E-state index contributed by atoms with van der Waals surface area (Å²) < 4.78 is 34.2. The van der Waals surface area contributed by atoms with Crippen molar-refractivity contribution in [2.45, 2.75) is 62.8 Å². The summed E-state index contributed by atoms with van der Waals surface area (Å²) >= 11 is 0. The van der Waals surface area contributed by atoms with Crippen molar-refractivity contribution in [2.75, 3.05) is 26.7 Å². The number of nitrogens with zero attached hydrogens (tertiary/aromatic N) is 2. The summed E-state index contributed by atoms with van der Waals surface area (Å²) in [6.45, 7) is 2.46. The SMILES string of the molecule is COc1ccc(C)cc1S(=O)(=O)N(CC(=O)N1CCC(C(N)=O)CC1)C1CCCCC1. The molecule has 0 bridgehead atoms. The molecule has 9 heteroatoms. The molecule has 2 N–H and O–H groups in total. The lowest BCUT2D eigenvalue weighted by Crippen LogP contribution is -2.50. The van der Waals surface area contributed by atoms with Gasteiger partial charge in [-0.15, -0.1) is 0 Å². The number of carbonyl (C=O) groups is 2. The van der Waals surface area contributed by atoms with Gasteiger partial charge < -0.3 is 15.4 Å². The summed E-state index contributed by atoms with van der Waals surface area (Å²) in [5.41, 5.74) is 6.19. The first-order chi connectivity index (χ1) is 14.7. The fraction of sp³-hybridized carbons (Fsp3) is 0.636. The molecule has 0 aromatic heterocycles. The number of aryl methyl sites for hydroxylation is 1. The lowest BCUT2D eigenvalue weighted by molar-refractivity contribution is -0.135. The lowest BCUT2D eigenvalue weighted by Gasteiger charge is -2.36. The molecule has 1 saturated heterocycles. The van der Waals surface area contributed by atoms with Crippen molar-refractivity contribution in [2.24, 2.45) is 11.7 Å². The Hall–Kier alpha value is -2.13. The van der Waals surface area contributed by atoms with E-state index in [0.717, 1.165) is 37.7 Å². The molecule has 1 aromatic rings. The van der Waals surface area contributed by atoms with E-state index < -0.39 is 10.0 Å². The van der Waals surface area contributed by atoms with Gasteiger partial charge >= 0.3 is 0 Å². The van der Waals surface area contributed by atoms with Gasteiger partial charge in [-0.3, -0.25) is 9.59 Å². The van der Waals surface area contributed by atoms with Crippen LogP contribution in [0.4, 0.5) is 0 Å². The van der Waals surface area contributed by atoms with Crippen LogP contribution in [0.2, 0.25) is 0 Å². The molecule has 1 aliphatic carbocycles. The van der Waals surface area contributed by atoms with Crippen molar-refractivity contribution in [3.8, 4) is 5.75 Å². The fourth-order valence-electron chi connectivity index (χ4n) is 4.54. The van der Waals surface area contributed by atoms with Crippen LogP contribution >= 0.6 is 0 Å². The minimum absolute atomic E-state index is 0.0980. The molecule has 1 heterocycles. The molecule has 31 heavy (non-hydrogen) atoms. The third-order valence-electron chi connectivity index (χ3n) is 6.43. The highest BCUT2D eigenvalue weighted by molar-refractivity contribution is 7.89. The van der Waals surface area contributed by atoms with Gasteiger partial charge in [0.2, 0.25) is 21.8 Å². The van der Waals surface area contributed by atoms with E-state index in [1.807, 2.05) is 6.92 Å². The minimum atomic E-state index is -3.94. The van der Waals surface area contributed by atoms with Crippen LogP contribution < -0.4 is 10.5 Å². The number of hydrogen-bond acceptors (Lipinski definition) is 5. The minimum Gasteiger partial charge on any atom is -0.495 e. The van der Waals surface area contributed by atoms with Crippen molar-refractivity contribution in [3.05, 3.63) is 23.8 Å². The average Bonchev–Trinajstić information content (AvgIpc) is 2.77. The molecule has 1 aromatic carbocycles. The fourth-order valence-corrected chi connectivity index (χ4v) is 6.41. The number of nitrogens with two attached hydrogens (primary N) is 1. The number of ether oxygens (including phenoxy) is 1. The maximum atomic E-state index is 13.7. The molecule has 8 nitrogen and oxygen atoms in total. The second-order valence-electron chi connectivity index (χ2n) is 8.55. The van der Waals surface area contributed by atoms with Crippen LogP contribution in [0.1, 0.15) is 50.5 Å². The smallest absolute Gasteiger partial charge is 0.247 e. The molecule has 0 unspecified atom stereocenters. The molecular formula is C22H33N3O5S. The zero-order valence-corrected chi connectivity index (χ0v) is 19.2. The highest BCUT2D eigenvalue weighted by Crippen LogP contribution is 2.33. The lowest BCUT2D eigenvalue weighted by atomic mass is 9.95. The summed E-state index contributed by atoms with van der Waals surface area (Å²) in [5.74, 6) is -0.520. The van der Waals surface area contributed by atoms with Crippen molar-refractivity contribution in [3.63, 3.8) is 0 Å². The normalized spacial score (nSPS) is 18.9. The van der Waals surface area contributed by atoms with E-state index in [4.69, 9.17) is 10.5 Å². The maximum Gasteiger partial charge on any atom is 0.247 e. The predicted molar refractivity (Wildman–Crippen MR) is 117 cm³/mol. The molecule has 2 amide bonds. The number of hydrogen-bond donors (Lipinski definition) is 1. The van der Waals surface area contributed by atoms with Crippen LogP contribution in [0.5, 0.6) is 5.75 Å². The standard InChI is InChI=1S/C22H33N3O5S/c1-16-8-9-19(30-2)20(14-16)31(28,29)25(18-6-4-3-5-7-18)15-21(26)24-12-10-17(11-13-24)22(23)27/h8-9,14,17-18H,3-7,10-13,15H2,1-2H3,(H2,23,27). The van der Waals surface area contributed by atoms with Gasteiger partial charge in [0.05, 0.1) is 13.7 Å². The average molecular weight is 452 g/mol. The second-order valence-corrected chi connectivity index (χ2v) is 10.4. The number of sulfonamides is 1. The highest BCUT2D eigenvalue weighted by Gasteiger charge is 2.37. The zero-order valence-electron chi connectivity index (χ0n) is 18.4. The van der Waals surface area contributed by atoms with E-state index in [9.17, 15) is 18.0 Å². The summed E-state index contributed by atoms with van der Waals surface area (Å²) in [4.78, 5) is 26.3. The Morgan fingerprint density at radius 1 is 1.13 bits per heavy atom. The van der Waals surface area contributed by atoms with Gasteiger partial charge in [-0.1, -0.05) is 25.3 Å². The highest BCUT2D eigenvalue weighted by atomic mass is 32.2. The van der Waals surface area contributed by atoms with E-state index >= 15 is 0 Å². The third kappa shape index (κ3) is 5.38. The van der Waals surface area contributed by atoms with Gasteiger partial charge in [0.25, 0.3) is 0 Å².